The Bertz CT molecular complexity index is 482. The number of nitrogens with zero attached hydrogens (tertiary/aromatic N) is 2. The number of hydrogen-bond donors (Lipinski definition) is 3. The van der Waals surface area contributed by atoms with Crippen LogP contribution in [0.25, 0.3) is 10.2 Å². The second-order valence-corrected chi connectivity index (χ2v) is 4.40. The van der Waals surface area contributed by atoms with E-state index in [1.165, 1.54) is 6.33 Å². The number of aromatic nitrogens is 2. The minimum Gasteiger partial charge on any atom is -0.394 e. The molecule has 0 unspecified atom stereocenters. The van der Waals surface area contributed by atoms with Gasteiger partial charge in [0.15, 0.2) is 0 Å². The van der Waals surface area contributed by atoms with Crippen molar-refractivity contribution >= 4 is 27.4 Å². The van der Waals surface area contributed by atoms with Crippen LogP contribution in [0.4, 0.5) is 5.82 Å². The van der Waals surface area contributed by atoms with Crippen molar-refractivity contribution in [2.75, 3.05) is 18.5 Å². The van der Waals surface area contributed by atoms with Gasteiger partial charge in [0.25, 0.3) is 0 Å². The van der Waals surface area contributed by atoms with Crippen LogP contribution < -0.4 is 5.32 Å². The summed E-state index contributed by atoms with van der Waals surface area (Å²) in [6, 6.07) is -0.388. The van der Waals surface area contributed by atoms with Crippen LogP contribution in [-0.4, -0.2) is 39.4 Å². The molecule has 0 radical (unpaired) electrons. The van der Waals surface area contributed by atoms with E-state index in [-0.39, 0.29) is 19.3 Å². The number of anilines is 1. The first-order valence-electron chi connectivity index (χ1n) is 4.93. The number of thiophene rings is 1. The number of hydrogen-bond acceptors (Lipinski definition) is 6. The highest BCUT2D eigenvalue weighted by Crippen LogP contribution is 2.28. The zero-order valence-corrected chi connectivity index (χ0v) is 9.66. The molecule has 16 heavy (non-hydrogen) atoms. The molecule has 3 N–H and O–H groups in total. The average molecular weight is 239 g/mol. The lowest BCUT2D eigenvalue weighted by Crippen LogP contribution is -2.28. The second-order valence-electron chi connectivity index (χ2n) is 3.53. The van der Waals surface area contributed by atoms with Crippen molar-refractivity contribution in [2.24, 2.45) is 0 Å². The Balaban J connectivity index is 2.37. The van der Waals surface area contributed by atoms with Gasteiger partial charge in [-0.2, -0.15) is 0 Å². The lowest BCUT2D eigenvalue weighted by Gasteiger charge is -2.13. The number of aliphatic hydroxyl groups excluding tert-OH is 2. The zero-order chi connectivity index (χ0) is 11.5. The van der Waals surface area contributed by atoms with Crippen molar-refractivity contribution in [2.45, 2.75) is 13.0 Å². The Kier molecular flexibility index (Phi) is 3.33. The Labute approximate surface area is 96.8 Å². The minimum atomic E-state index is -0.388. The van der Waals surface area contributed by atoms with Gasteiger partial charge in [-0.1, -0.05) is 0 Å². The van der Waals surface area contributed by atoms with E-state index in [4.69, 9.17) is 10.2 Å². The number of nitrogens with one attached hydrogen (secondary N) is 1. The zero-order valence-electron chi connectivity index (χ0n) is 8.84. The number of aliphatic hydroxyl groups is 2. The molecule has 0 aliphatic rings. The molecule has 5 nitrogen and oxygen atoms in total. The van der Waals surface area contributed by atoms with Crippen LogP contribution in [0.2, 0.25) is 0 Å². The van der Waals surface area contributed by atoms with Crippen LogP contribution in [0, 0.1) is 6.92 Å². The van der Waals surface area contributed by atoms with Gasteiger partial charge in [-0.25, -0.2) is 9.97 Å². The van der Waals surface area contributed by atoms with Gasteiger partial charge in [-0.3, -0.25) is 0 Å². The van der Waals surface area contributed by atoms with Crippen LogP contribution in [0.15, 0.2) is 11.7 Å². The van der Waals surface area contributed by atoms with Crippen molar-refractivity contribution < 1.29 is 10.2 Å². The number of aryl methyl sites for hydroxylation is 1. The molecule has 0 aromatic carbocycles. The maximum Gasteiger partial charge on any atom is 0.147 e. The molecule has 0 amide bonds. The molecule has 0 saturated heterocycles. The average Bonchev–Trinajstić information content (AvgIpc) is 2.69. The van der Waals surface area contributed by atoms with Crippen LogP contribution in [0.5, 0.6) is 0 Å². The topological polar surface area (TPSA) is 78.3 Å². The fourth-order valence-electron chi connectivity index (χ4n) is 1.41. The van der Waals surface area contributed by atoms with Gasteiger partial charge in [0.1, 0.15) is 12.1 Å². The summed E-state index contributed by atoms with van der Waals surface area (Å²) in [7, 11) is 0. The summed E-state index contributed by atoms with van der Waals surface area (Å²) in [6.45, 7) is 1.73. The molecule has 2 aromatic rings. The molecule has 0 aliphatic heterocycles. The van der Waals surface area contributed by atoms with Gasteiger partial charge < -0.3 is 15.5 Å². The van der Waals surface area contributed by atoms with Crippen LogP contribution >= 0.6 is 11.3 Å². The molecule has 0 fully saturated rings. The quantitative estimate of drug-likeness (QED) is 0.734. The molecule has 0 saturated carbocycles. The molecule has 0 spiro atoms. The van der Waals surface area contributed by atoms with Gasteiger partial charge in [-0.15, -0.1) is 11.3 Å². The molecule has 0 aliphatic carbocycles. The molecule has 0 bridgehead atoms. The molecular formula is C10H13N3O2S. The normalized spacial score (nSPS) is 11.2. The van der Waals surface area contributed by atoms with E-state index in [9.17, 15) is 0 Å². The predicted molar refractivity (Wildman–Crippen MR) is 63.7 cm³/mol. The van der Waals surface area contributed by atoms with Crippen molar-refractivity contribution in [1.29, 1.82) is 0 Å². The molecule has 2 rings (SSSR count). The minimum absolute atomic E-state index is 0.133. The van der Waals surface area contributed by atoms with Crippen LogP contribution in [-0.2, 0) is 0 Å². The van der Waals surface area contributed by atoms with Gasteiger partial charge in [0, 0.05) is 0 Å². The fraction of sp³-hybridized carbons (Fsp3) is 0.400. The Morgan fingerprint density at radius 1 is 1.38 bits per heavy atom. The first-order chi connectivity index (χ1) is 7.76. The predicted octanol–water partition coefficient (Wildman–Crippen LogP) is 0.765. The van der Waals surface area contributed by atoms with E-state index < -0.39 is 0 Å². The fourth-order valence-corrected chi connectivity index (χ4v) is 2.37. The Morgan fingerprint density at radius 2 is 2.12 bits per heavy atom. The lowest BCUT2D eigenvalue weighted by molar-refractivity contribution is 0.203. The second kappa shape index (κ2) is 4.73. The van der Waals surface area contributed by atoms with Gasteiger partial charge in [0.05, 0.1) is 29.5 Å². The highest BCUT2D eigenvalue weighted by molar-refractivity contribution is 7.18. The highest BCUT2D eigenvalue weighted by atomic mass is 32.1. The Hall–Kier alpha value is -1.24. The third kappa shape index (κ3) is 1.99. The van der Waals surface area contributed by atoms with E-state index in [1.807, 2.05) is 12.3 Å². The van der Waals surface area contributed by atoms with Crippen molar-refractivity contribution in [3.63, 3.8) is 0 Å². The highest BCUT2D eigenvalue weighted by Gasteiger charge is 2.11. The monoisotopic (exact) mass is 239 g/mol. The smallest absolute Gasteiger partial charge is 0.147 e. The lowest BCUT2D eigenvalue weighted by atomic mass is 10.3. The molecule has 6 heteroatoms. The van der Waals surface area contributed by atoms with Gasteiger partial charge in [-0.05, 0) is 17.9 Å². The standard InChI is InChI=1S/C10H13N3O2S/c1-6-4-16-9-8(6)11-5-12-10(9)13-7(2-14)3-15/h4-5,7,14-15H,2-3H2,1H3,(H,11,12,13). The summed E-state index contributed by atoms with van der Waals surface area (Å²) >= 11 is 1.55. The van der Waals surface area contributed by atoms with Crippen molar-refractivity contribution in [3.05, 3.63) is 17.3 Å². The SMILES string of the molecule is Cc1csc2c(NC(CO)CO)ncnc12. The summed E-state index contributed by atoms with van der Waals surface area (Å²) in [5.74, 6) is 0.663. The van der Waals surface area contributed by atoms with Gasteiger partial charge >= 0.3 is 0 Å². The first-order valence-corrected chi connectivity index (χ1v) is 5.81. The summed E-state index contributed by atoms with van der Waals surface area (Å²) < 4.78 is 0.951. The summed E-state index contributed by atoms with van der Waals surface area (Å²) in [6.07, 6.45) is 1.48. The molecular weight excluding hydrogens is 226 g/mol. The molecule has 2 aromatic heterocycles. The van der Waals surface area contributed by atoms with Crippen molar-refractivity contribution in [3.8, 4) is 0 Å². The number of fused-ring (bicyclic) bond motifs is 1. The Morgan fingerprint density at radius 3 is 2.81 bits per heavy atom. The third-order valence-electron chi connectivity index (χ3n) is 2.31. The third-order valence-corrected chi connectivity index (χ3v) is 3.41. The molecule has 86 valence electrons. The summed E-state index contributed by atoms with van der Waals surface area (Å²) in [5.41, 5.74) is 2.02. The maximum atomic E-state index is 9.00. The van der Waals surface area contributed by atoms with E-state index in [0.717, 1.165) is 15.8 Å². The first kappa shape index (κ1) is 11.3. The summed E-state index contributed by atoms with van der Waals surface area (Å²) in [4.78, 5) is 8.32. The van der Waals surface area contributed by atoms with E-state index in [0.29, 0.717) is 5.82 Å². The maximum absolute atomic E-state index is 9.00. The van der Waals surface area contributed by atoms with E-state index >= 15 is 0 Å². The van der Waals surface area contributed by atoms with Crippen LogP contribution in [0.1, 0.15) is 5.56 Å². The van der Waals surface area contributed by atoms with E-state index in [2.05, 4.69) is 15.3 Å². The number of rotatable bonds is 4. The largest absolute Gasteiger partial charge is 0.394 e. The van der Waals surface area contributed by atoms with Crippen LogP contribution in [0.3, 0.4) is 0 Å². The van der Waals surface area contributed by atoms with E-state index in [1.54, 1.807) is 11.3 Å². The molecule has 2 heterocycles. The van der Waals surface area contributed by atoms with Gasteiger partial charge in [0.2, 0.25) is 0 Å². The summed E-state index contributed by atoms with van der Waals surface area (Å²) in [5, 5.41) is 23.0. The molecule has 0 atom stereocenters. The van der Waals surface area contributed by atoms with Crippen molar-refractivity contribution in [1.82, 2.24) is 9.97 Å².